The van der Waals surface area contributed by atoms with Gasteiger partial charge in [0, 0.05) is 33.7 Å². The lowest BCUT2D eigenvalue weighted by Gasteiger charge is -2.26. The van der Waals surface area contributed by atoms with Crippen molar-refractivity contribution in [2.45, 2.75) is 25.8 Å². The molecule has 1 aliphatic rings. The third kappa shape index (κ3) is 4.31. The zero-order chi connectivity index (χ0) is 15.2. The molecular formula is C14H24N4O2S. The summed E-state index contributed by atoms with van der Waals surface area (Å²) in [5.41, 5.74) is 0. The van der Waals surface area contributed by atoms with Crippen LogP contribution in [0.3, 0.4) is 0 Å². The summed E-state index contributed by atoms with van der Waals surface area (Å²) in [7, 11) is 5.53. The molecule has 1 aliphatic heterocycles. The molecule has 1 aromatic rings. The van der Waals surface area contributed by atoms with Crippen LogP contribution in [-0.2, 0) is 11.3 Å². The normalized spacial score (nSPS) is 15.1. The summed E-state index contributed by atoms with van der Waals surface area (Å²) in [6.07, 6.45) is 3.49. The minimum Gasteiger partial charge on any atom is -0.480 e. The van der Waals surface area contributed by atoms with Crippen molar-refractivity contribution in [1.82, 2.24) is 15.2 Å². The van der Waals surface area contributed by atoms with Gasteiger partial charge in [-0.15, -0.1) is 0 Å². The van der Waals surface area contributed by atoms with E-state index in [1.165, 1.54) is 6.42 Å². The van der Waals surface area contributed by atoms with Gasteiger partial charge in [0.25, 0.3) is 0 Å². The van der Waals surface area contributed by atoms with Gasteiger partial charge in [0.15, 0.2) is 5.13 Å². The predicted octanol–water partition coefficient (Wildman–Crippen LogP) is 1.32. The fraction of sp³-hybridized carbons (Fsp3) is 0.714. The number of rotatable bonds is 6. The molecule has 0 aliphatic carbocycles. The van der Waals surface area contributed by atoms with Crippen LogP contribution < -0.4 is 15.0 Å². The molecule has 118 valence electrons. The molecule has 1 N–H and O–H groups in total. The Morgan fingerprint density at radius 1 is 1.38 bits per heavy atom. The van der Waals surface area contributed by atoms with E-state index < -0.39 is 0 Å². The third-order valence-electron chi connectivity index (χ3n) is 3.50. The number of methoxy groups -OCH3 is 1. The number of nitrogens with zero attached hydrogens (tertiary/aromatic N) is 3. The monoisotopic (exact) mass is 312 g/mol. The Morgan fingerprint density at radius 2 is 2.10 bits per heavy atom. The van der Waals surface area contributed by atoms with Gasteiger partial charge in [-0.25, -0.2) is 0 Å². The molecule has 7 heteroatoms. The van der Waals surface area contributed by atoms with Crippen LogP contribution in [0.4, 0.5) is 5.13 Å². The maximum Gasteiger partial charge on any atom is 0.236 e. The largest absolute Gasteiger partial charge is 0.480 e. The lowest BCUT2D eigenvalue weighted by molar-refractivity contribution is -0.131. The predicted molar refractivity (Wildman–Crippen MR) is 85.1 cm³/mol. The number of thiazole rings is 1. The summed E-state index contributed by atoms with van der Waals surface area (Å²) >= 11 is 1.58. The Morgan fingerprint density at radius 3 is 2.71 bits per heavy atom. The van der Waals surface area contributed by atoms with E-state index >= 15 is 0 Å². The molecule has 0 aromatic carbocycles. The van der Waals surface area contributed by atoms with Crippen LogP contribution in [-0.4, -0.2) is 56.6 Å². The Bertz CT molecular complexity index is 470. The van der Waals surface area contributed by atoms with Gasteiger partial charge in [-0.3, -0.25) is 4.79 Å². The highest BCUT2D eigenvalue weighted by atomic mass is 32.1. The van der Waals surface area contributed by atoms with Gasteiger partial charge in [0.2, 0.25) is 11.8 Å². The summed E-state index contributed by atoms with van der Waals surface area (Å²) in [5.74, 6) is 0.827. The quantitative estimate of drug-likeness (QED) is 0.858. The minimum atomic E-state index is 0.186. The molecule has 0 atom stereocenters. The van der Waals surface area contributed by atoms with Gasteiger partial charge in [-0.2, -0.15) is 4.98 Å². The average Bonchev–Trinajstić information content (AvgIpc) is 2.91. The highest BCUT2D eigenvalue weighted by Crippen LogP contribution is 2.30. The molecule has 21 heavy (non-hydrogen) atoms. The van der Waals surface area contributed by atoms with Crippen LogP contribution in [0, 0.1) is 0 Å². The molecule has 1 saturated heterocycles. The number of amides is 1. The summed E-state index contributed by atoms with van der Waals surface area (Å²) in [4.78, 5) is 21.4. The SMILES string of the molecule is COc1nc(N(C)C)sc1CNCC(=O)N1CCCCC1. The maximum atomic E-state index is 12.1. The van der Waals surface area contributed by atoms with E-state index in [1.807, 2.05) is 23.9 Å². The molecule has 0 unspecified atom stereocenters. The molecule has 0 spiro atoms. The highest BCUT2D eigenvalue weighted by Gasteiger charge is 2.17. The fourth-order valence-corrected chi connectivity index (χ4v) is 3.25. The maximum absolute atomic E-state index is 12.1. The van der Waals surface area contributed by atoms with E-state index in [-0.39, 0.29) is 5.91 Å². The molecule has 0 bridgehead atoms. The number of carbonyl (C=O) groups excluding carboxylic acids is 1. The number of anilines is 1. The Balaban J connectivity index is 1.83. The fourth-order valence-electron chi connectivity index (χ4n) is 2.33. The zero-order valence-corrected chi connectivity index (χ0v) is 13.8. The van der Waals surface area contributed by atoms with Crippen LogP contribution in [0.25, 0.3) is 0 Å². The highest BCUT2D eigenvalue weighted by molar-refractivity contribution is 7.15. The van der Waals surface area contributed by atoms with Crippen molar-refractivity contribution < 1.29 is 9.53 Å². The number of ether oxygens (including phenoxy) is 1. The second-order valence-corrected chi connectivity index (χ2v) is 6.43. The smallest absolute Gasteiger partial charge is 0.236 e. The Labute approximate surface area is 130 Å². The van der Waals surface area contributed by atoms with Crippen LogP contribution in [0.5, 0.6) is 5.88 Å². The zero-order valence-electron chi connectivity index (χ0n) is 13.0. The van der Waals surface area contributed by atoms with Gasteiger partial charge in [-0.1, -0.05) is 11.3 Å². The molecule has 1 fully saturated rings. The number of hydrogen-bond acceptors (Lipinski definition) is 6. The van der Waals surface area contributed by atoms with Gasteiger partial charge >= 0.3 is 0 Å². The first-order valence-electron chi connectivity index (χ1n) is 7.31. The van der Waals surface area contributed by atoms with Crippen molar-refractivity contribution in [3.05, 3.63) is 4.88 Å². The van der Waals surface area contributed by atoms with Crippen molar-refractivity contribution >= 4 is 22.4 Å². The number of piperidine rings is 1. The number of aromatic nitrogens is 1. The van der Waals surface area contributed by atoms with Crippen molar-refractivity contribution in [2.75, 3.05) is 45.7 Å². The second kappa shape index (κ2) is 7.61. The molecule has 1 aromatic heterocycles. The molecule has 0 saturated carbocycles. The minimum absolute atomic E-state index is 0.186. The number of carbonyl (C=O) groups is 1. The van der Waals surface area contributed by atoms with Crippen molar-refractivity contribution in [2.24, 2.45) is 0 Å². The van der Waals surface area contributed by atoms with E-state index in [1.54, 1.807) is 18.4 Å². The topological polar surface area (TPSA) is 57.7 Å². The van der Waals surface area contributed by atoms with Gasteiger partial charge in [-0.05, 0) is 19.3 Å². The van der Waals surface area contributed by atoms with Gasteiger partial charge < -0.3 is 19.9 Å². The molecule has 2 rings (SSSR count). The Hall–Kier alpha value is -1.34. The molecule has 6 nitrogen and oxygen atoms in total. The lowest BCUT2D eigenvalue weighted by atomic mass is 10.1. The van der Waals surface area contributed by atoms with Crippen LogP contribution in [0.15, 0.2) is 0 Å². The van der Waals surface area contributed by atoms with E-state index in [2.05, 4.69) is 10.3 Å². The summed E-state index contributed by atoms with van der Waals surface area (Å²) < 4.78 is 5.29. The average molecular weight is 312 g/mol. The van der Waals surface area contributed by atoms with Crippen molar-refractivity contribution in [1.29, 1.82) is 0 Å². The summed E-state index contributed by atoms with van der Waals surface area (Å²) in [5, 5.41) is 4.11. The summed E-state index contributed by atoms with van der Waals surface area (Å²) in [6.45, 7) is 2.77. The van der Waals surface area contributed by atoms with E-state index in [4.69, 9.17) is 4.74 Å². The summed E-state index contributed by atoms with van der Waals surface area (Å²) in [6, 6.07) is 0. The second-order valence-electron chi connectivity index (χ2n) is 5.37. The molecule has 1 amide bonds. The first-order valence-corrected chi connectivity index (χ1v) is 8.13. The van der Waals surface area contributed by atoms with Crippen LogP contribution in [0.2, 0.25) is 0 Å². The molecular weight excluding hydrogens is 288 g/mol. The van der Waals surface area contributed by atoms with Crippen molar-refractivity contribution in [3.8, 4) is 5.88 Å². The molecule has 0 radical (unpaired) electrons. The van der Waals surface area contributed by atoms with Crippen LogP contribution in [0.1, 0.15) is 24.1 Å². The van der Waals surface area contributed by atoms with E-state index in [0.717, 1.165) is 35.9 Å². The van der Waals surface area contributed by atoms with E-state index in [0.29, 0.717) is 19.0 Å². The van der Waals surface area contributed by atoms with E-state index in [9.17, 15) is 4.79 Å². The first-order chi connectivity index (χ1) is 10.1. The van der Waals surface area contributed by atoms with Gasteiger partial charge in [0.05, 0.1) is 18.5 Å². The number of hydrogen-bond donors (Lipinski definition) is 1. The standard InChI is InChI=1S/C14H24N4O2S/c1-17(2)14-16-13(20-3)11(21-14)9-15-10-12(19)18-7-5-4-6-8-18/h15H,4-10H2,1-3H3. The van der Waals surface area contributed by atoms with Gasteiger partial charge in [0.1, 0.15) is 0 Å². The van der Waals surface area contributed by atoms with Crippen molar-refractivity contribution in [3.63, 3.8) is 0 Å². The first kappa shape index (κ1) is 16.0. The third-order valence-corrected chi connectivity index (χ3v) is 4.70. The lowest BCUT2D eigenvalue weighted by Crippen LogP contribution is -2.40. The molecule has 2 heterocycles. The number of nitrogens with one attached hydrogen (secondary N) is 1. The van der Waals surface area contributed by atoms with Crippen LogP contribution >= 0.6 is 11.3 Å². The number of likely N-dealkylation sites (tertiary alicyclic amines) is 1. The Kier molecular flexibility index (Phi) is 5.81.